The van der Waals surface area contributed by atoms with Crippen LogP contribution in [-0.4, -0.2) is 107 Å². The average Bonchev–Trinajstić information content (AvgIpc) is 3.12. The molecule has 50 heavy (non-hydrogen) atoms. The van der Waals surface area contributed by atoms with Gasteiger partial charge < -0.3 is 15.1 Å². The number of piperazine rings is 1. The van der Waals surface area contributed by atoms with Crippen LogP contribution < -0.4 is 20.4 Å². The summed E-state index contributed by atoms with van der Waals surface area (Å²) < 4.78 is 0. The van der Waals surface area contributed by atoms with Gasteiger partial charge in [-0.05, 0) is 93.2 Å². The summed E-state index contributed by atoms with van der Waals surface area (Å²) in [5.74, 6) is -0.833. The smallest absolute Gasteiger partial charge is 0.272 e. The van der Waals surface area contributed by atoms with Gasteiger partial charge in [0.2, 0.25) is 18.2 Å². The van der Waals surface area contributed by atoms with E-state index in [1.165, 1.54) is 32.1 Å². The van der Waals surface area contributed by atoms with E-state index in [2.05, 4.69) is 35.5 Å². The van der Waals surface area contributed by atoms with Gasteiger partial charge in [-0.3, -0.25) is 39.1 Å². The number of amides is 5. The molecule has 3 aliphatic heterocycles. The van der Waals surface area contributed by atoms with Crippen LogP contribution in [0.15, 0.2) is 30.3 Å². The number of carbonyl (C=O) groups is 5. The van der Waals surface area contributed by atoms with Crippen molar-refractivity contribution in [1.82, 2.24) is 30.6 Å². The van der Waals surface area contributed by atoms with Gasteiger partial charge in [-0.1, -0.05) is 19.3 Å². The van der Waals surface area contributed by atoms with Gasteiger partial charge in [0.15, 0.2) is 11.5 Å². The molecule has 1 spiro atoms. The van der Waals surface area contributed by atoms with Crippen LogP contribution in [0.25, 0.3) is 0 Å². The number of aromatic nitrogens is 2. The molecular formula is C37H48N8O5. The van der Waals surface area contributed by atoms with Crippen molar-refractivity contribution < 1.29 is 24.0 Å². The summed E-state index contributed by atoms with van der Waals surface area (Å²) in [6, 6.07) is 9.27. The molecule has 2 aromatic rings. The van der Waals surface area contributed by atoms with E-state index in [1.54, 1.807) is 12.1 Å². The third-order valence-electron chi connectivity index (χ3n) is 11.8. The molecule has 13 heteroatoms. The Bertz CT molecular complexity index is 1600. The van der Waals surface area contributed by atoms with Crippen molar-refractivity contribution in [3.8, 4) is 0 Å². The highest BCUT2D eigenvalue weighted by Gasteiger charge is 2.48. The van der Waals surface area contributed by atoms with Gasteiger partial charge in [0.05, 0.1) is 0 Å². The average molecular weight is 685 g/mol. The van der Waals surface area contributed by atoms with Crippen molar-refractivity contribution in [2.75, 3.05) is 49.1 Å². The van der Waals surface area contributed by atoms with Crippen LogP contribution in [0.1, 0.15) is 97.0 Å². The molecule has 5 amide bonds. The third kappa shape index (κ3) is 7.10. The molecular weight excluding hydrogens is 636 g/mol. The van der Waals surface area contributed by atoms with Gasteiger partial charge in [-0.15, -0.1) is 10.2 Å². The SMILES string of the molecule is Cc1cc(N2CCC3(CC2)CC(N2CCN(c4ccc(C(=O)NC5CCCCC5)nn4)CC2)C3)ccc1C(=O)N(C=O)C1CCC(=O)NC1=O. The second kappa shape index (κ2) is 14.5. The zero-order valence-electron chi connectivity index (χ0n) is 28.9. The number of imide groups is 2. The lowest BCUT2D eigenvalue weighted by Crippen LogP contribution is -2.59. The van der Waals surface area contributed by atoms with Gasteiger partial charge in [0, 0.05) is 69.0 Å². The molecule has 13 nitrogen and oxygen atoms in total. The molecule has 2 saturated carbocycles. The van der Waals surface area contributed by atoms with E-state index < -0.39 is 23.8 Å². The number of benzene rings is 1. The Morgan fingerprint density at radius 1 is 0.920 bits per heavy atom. The fourth-order valence-electron chi connectivity index (χ4n) is 8.72. The summed E-state index contributed by atoms with van der Waals surface area (Å²) >= 11 is 0. The zero-order valence-corrected chi connectivity index (χ0v) is 28.9. The molecule has 4 heterocycles. The number of carbonyl (C=O) groups excluding carboxylic acids is 5. The first-order valence-corrected chi connectivity index (χ1v) is 18.3. The molecule has 2 N–H and O–H groups in total. The van der Waals surface area contributed by atoms with Crippen LogP contribution in [0.4, 0.5) is 11.5 Å². The molecule has 0 radical (unpaired) electrons. The Morgan fingerprint density at radius 2 is 1.66 bits per heavy atom. The summed E-state index contributed by atoms with van der Waals surface area (Å²) in [7, 11) is 0. The lowest BCUT2D eigenvalue weighted by Gasteiger charge is -2.56. The molecule has 0 bridgehead atoms. The number of nitrogens with one attached hydrogen (secondary N) is 2. The van der Waals surface area contributed by atoms with E-state index in [1.807, 2.05) is 25.1 Å². The van der Waals surface area contributed by atoms with Crippen molar-refractivity contribution in [1.29, 1.82) is 0 Å². The first kappa shape index (κ1) is 34.1. The summed E-state index contributed by atoms with van der Waals surface area (Å²) in [6.07, 6.45) is 11.0. The van der Waals surface area contributed by atoms with Gasteiger partial charge >= 0.3 is 0 Å². The van der Waals surface area contributed by atoms with Crippen LogP contribution in [0.2, 0.25) is 0 Å². The molecule has 266 valence electrons. The minimum atomic E-state index is -0.983. The Morgan fingerprint density at radius 3 is 2.30 bits per heavy atom. The predicted octanol–water partition coefficient (Wildman–Crippen LogP) is 2.82. The third-order valence-corrected chi connectivity index (χ3v) is 11.8. The lowest BCUT2D eigenvalue weighted by atomic mass is 9.60. The molecule has 2 aliphatic carbocycles. The maximum absolute atomic E-state index is 13.3. The summed E-state index contributed by atoms with van der Waals surface area (Å²) in [6.45, 7) is 7.55. The zero-order chi connectivity index (χ0) is 34.8. The summed E-state index contributed by atoms with van der Waals surface area (Å²) in [5.41, 5.74) is 2.95. The lowest BCUT2D eigenvalue weighted by molar-refractivity contribution is -0.139. The first-order valence-electron chi connectivity index (χ1n) is 18.3. The van der Waals surface area contributed by atoms with E-state index >= 15 is 0 Å². The highest BCUT2D eigenvalue weighted by Crippen LogP contribution is 2.51. The molecule has 1 aromatic heterocycles. The van der Waals surface area contributed by atoms with E-state index in [9.17, 15) is 24.0 Å². The second-order valence-electron chi connectivity index (χ2n) is 14.9. The molecule has 1 unspecified atom stereocenters. The minimum Gasteiger partial charge on any atom is -0.371 e. The first-order chi connectivity index (χ1) is 24.2. The minimum absolute atomic E-state index is 0.0911. The highest BCUT2D eigenvalue weighted by atomic mass is 16.2. The Labute approximate surface area is 293 Å². The Hall–Kier alpha value is -4.39. The molecule has 3 saturated heterocycles. The van der Waals surface area contributed by atoms with Crippen molar-refractivity contribution >= 4 is 41.5 Å². The molecule has 1 atom stereocenters. The van der Waals surface area contributed by atoms with E-state index in [-0.39, 0.29) is 24.8 Å². The van der Waals surface area contributed by atoms with E-state index in [0.29, 0.717) is 29.1 Å². The van der Waals surface area contributed by atoms with Crippen molar-refractivity contribution in [2.24, 2.45) is 5.41 Å². The Kier molecular flexibility index (Phi) is 9.85. The largest absolute Gasteiger partial charge is 0.371 e. The van der Waals surface area contributed by atoms with Crippen molar-refractivity contribution in [2.45, 2.75) is 95.7 Å². The van der Waals surface area contributed by atoms with Gasteiger partial charge in [0.25, 0.3) is 11.8 Å². The second-order valence-corrected chi connectivity index (χ2v) is 14.9. The number of piperidine rings is 2. The van der Waals surface area contributed by atoms with Crippen LogP contribution in [0.5, 0.6) is 0 Å². The maximum atomic E-state index is 13.3. The standard InChI is InChI=1S/C37H48N8O5/c1-25-21-27(7-8-29(25)36(50)45(24-46)31-10-12-33(47)39-35(31)49)42-15-13-37(14-16-42)22-28(23-37)43-17-19-44(20-18-43)32-11-9-30(40-41-32)34(48)38-26-5-3-2-4-6-26/h7-9,11,21,24,26,28,31H,2-6,10,12-20,22-23H2,1H3,(H,38,48)(H,39,47,49). The topological polar surface area (TPSA) is 148 Å². The van der Waals surface area contributed by atoms with Crippen molar-refractivity contribution in [3.63, 3.8) is 0 Å². The number of hydrogen-bond acceptors (Lipinski definition) is 10. The Balaban J connectivity index is 0.860. The molecule has 1 aromatic carbocycles. The summed E-state index contributed by atoms with van der Waals surface area (Å²) in [5, 5.41) is 14.0. The predicted molar refractivity (Wildman–Crippen MR) is 187 cm³/mol. The van der Waals surface area contributed by atoms with Gasteiger partial charge in [-0.2, -0.15) is 0 Å². The number of hydrogen-bond donors (Lipinski definition) is 2. The fraction of sp³-hybridized carbons (Fsp3) is 0.595. The molecule has 7 rings (SSSR count). The monoisotopic (exact) mass is 684 g/mol. The summed E-state index contributed by atoms with van der Waals surface area (Å²) in [4.78, 5) is 69.8. The molecule has 5 fully saturated rings. The van der Waals surface area contributed by atoms with Crippen LogP contribution in [0.3, 0.4) is 0 Å². The molecule has 5 aliphatic rings. The van der Waals surface area contributed by atoms with E-state index in [4.69, 9.17) is 0 Å². The number of rotatable bonds is 8. The fourth-order valence-corrected chi connectivity index (χ4v) is 8.72. The van der Waals surface area contributed by atoms with Crippen LogP contribution in [-0.2, 0) is 14.4 Å². The normalized spacial score (nSPS) is 23.3. The van der Waals surface area contributed by atoms with Gasteiger partial charge in [0.1, 0.15) is 6.04 Å². The van der Waals surface area contributed by atoms with Crippen LogP contribution in [0, 0.1) is 12.3 Å². The number of anilines is 2. The highest BCUT2D eigenvalue weighted by molar-refractivity contribution is 6.07. The number of nitrogens with zero attached hydrogens (tertiary/aromatic N) is 6. The van der Waals surface area contributed by atoms with E-state index in [0.717, 1.165) is 86.9 Å². The maximum Gasteiger partial charge on any atom is 0.272 e. The quantitative estimate of drug-likeness (QED) is 0.314. The van der Waals surface area contributed by atoms with Gasteiger partial charge in [-0.25, -0.2) is 0 Å². The van der Waals surface area contributed by atoms with Crippen LogP contribution >= 0.6 is 0 Å². The van der Waals surface area contributed by atoms with Crippen molar-refractivity contribution in [3.05, 3.63) is 47.2 Å². The number of aryl methyl sites for hydroxylation is 1.